The van der Waals surface area contributed by atoms with Gasteiger partial charge >= 0.3 is 0 Å². The van der Waals surface area contributed by atoms with Gasteiger partial charge in [-0.25, -0.2) is 0 Å². The first-order valence-corrected chi connectivity index (χ1v) is 8.99. The van der Waals surface area contributed by atoms with Gasteiger partial charge in [0.2, 0.25) is 0 Å². The zero-order chi connectivity index (χ0) is 16.3. The van der Waals surface area contributed by atoms with E-state index in [1.165, 1.54) is 56.1 Å². The number of aliphatic imine (C=N–C) groups is 1. The maximum absolute atomic E-state index is 4.68. The van der Waals surface area contributed by atoms with Gasteiger partial charge in [0.15, 0.2) is 0 Å². The third-order valence-corrected chi connectivity index (χ3v) is 4.24. The van der Waals surface area contributed by atoms with E-state index in [4.69, 9.17) is 0 Å². The van der Waals surface area contributed by atoms with Gasteiger partial charge < -0.3 is 0 Å². The van der Waals surface area contributed by atoms with Crippen LogP contribution in [0.15, 0.2) is 59.6 Å². The Morgan fingerprint density at radius 2 is 1.43 bits per heavy atom. The molecule has 1 heteroatoms. The Balaban J connectivity index is 1.83. The van der Waals surface area contributed by atoms with Gasteiger partial charge in [0.25, 0.3) is 0 Å². The summed E-state index contributed by atoms with van der Waals surface area (Å²) < 4.78 is 0. The van der Waals surface area contributed by atoms with Crippen molar-refractivity contribution in [2.24, 2.45) is 4.99 Å². The molecule has 2 aromatic rings. The highest BCUT2D eigenvalue weighted by Crippen LogP contribution is 2.15. The van der Waals surface area contributed by atoms with E-state index >= 15 is 0 Å². The Bertz CT molecular complexity index is 581. The minimum atomic E-state index is 1.01. The highest BCUT2D eigenvalue weighted by molar-refractivity contribution is 6.00. The second kappa shape index (κ2) is 9.99. The molecule has 0 heterocycles. The van der Waals surface area contributed by atoms with E-state index < -0.39 is 0 Å². The topological polar surface area (TPSA) is 12.4 Å². The molecule has 0 aliphatic rings. The predicted molar refractivity (Wildman–Crippen MR) is 102 cm³/mol. The Kier molecular flexibility index (Phi) is 7.59. The molecule has 0 radical (unpaired) electrons. The number of para-hydroxylation sites is 1. The molecular weight excluding hydrogens is 278 g/mol. The fraction of sp³-hybridized carbons (Fsp3) is 0.409. The molecule has 0 bridgehead atoms. The van der Waals surface area contributed by atoms with Gasteiger partial charge in [-0.2, -0.15) is 0 Å². The summed E-state index contributed by atoms with van der Waals surface area (Å²) in [5, 5.41) is 0. The van der Waals surface area contributed by atoms with Gasteiger partial charge in [0, 0.05) is 5.71 Å². The van der Waals surface area contributed by atoms with Crippen LogP contribution >= 0.6 is 0 Å². The Morgan fingerprint density at radius 3 is 2.13 bits per heavy atom. The molecule has 2 rings (SSSR count). The van der Waals surface area contributed by atoms with Gasteiger partial charge in [-0.3, -0.25) is 4.99 Å². The lowest BCUT2D eigenvalue weighted by molar-refractivity contribution is 0.607. The van der Waals surface area contributed by atoms with E-state index in [1.807, 2.05) is 30.3 Å². The molecule has 0 amide bonds. The first-order chi connectivity index (χ1) is 11.3. The summed E-state index contributed by atoms with van der Waals surface area (Å²) in [5.74, 6) is 0. The monoisotopic (exact) mass is 307 g/mol. The minimum Gasteiger partial charge on any atom is -0.253 e. The molecule has 0 aromatic heterocycles. The van der Waals surface area contributed by atoms with Crippen LogP contribution in [0, 0.1) is 0 Å². The molecule has 122 valence electrons. The van der Waals surface area contributed by atoms with E-state index in [0.717, 1.165) is 11.4 Å². The Morgan fingerprint density at radius 1 is 0.783 bits per heavy atom. The molecule has 0 saturated carbocycles. The summed E-state index contributed by atoms with van der Waals surface area (Å²) in [5.41, 5.74) is 4.74. The molecule has 2 aromatic carbocycles. The number of hydrogen-bond acceptors (Lipinski definition) is 1. The second-order valence-corrected chi connectivity index (χ2v) is 6.25. The molecule has 0 N–H and O–H groups in total. The van der Waals surface area contributed by atoms with Gasteiger partial charge in [0.05, 0.1) is 5.69 Å². The van der Waals surface area contributed by atoms with Crippen molar-refractivity contribution < 1.29 is 0 Å². The fourth-order valence-electron chi connectivity index (χ4n) is 2.78. The van der Waals surface area contributed by atoms with Crippen molar-refractivity contribution >= 4 is 11.4 Å². The lowest BCUT2D eigenvalue weighted by Gasteiger charge is -2.05. The Labute approximate surface area is 141 Å². The predicted octanol–water partition coefficient (Wildman–Crippen LogP) is 6.73. The van der Waals surface area contributed by atoms with Crippen molar-refractivity contribution in [3.63, 3.8) is 0 Å². The molecule has 23 heavy (non-hydrogen) atoms. The lowest BCUT2D eigenvalue weighted by atomic mass is 10.0. The van der Waals surface area contributed by atoms with Crippen LogP contribution in [0.1, 0.15) is 63.5 Å². The normalized spacial score (nSPS) is 11.7. The van der Waals surface area contributed by atoms with Crippen LogP contribution in [0.2, 0.25) is 0 Å². The maximum Gasteiger partial charge on any atom is 0.0633 e. The van der Waals surface area contributed by atoms with Crippen LogP contribution in [0.5, 0.6) is 0 Å². The van der Waals surface area contributed by atoms with Crippen molar-refractivity contribution in [3.8, 4) is 0 Å². The van der Waals surface area contributed by atoms with E-state index in [-0.39, 0.29) is 0 Å². The quantitative estimate of drug-likeness (QED) is 0.360. The number of rotatable bonds is 9. The van der Waals surface area contributed by atoms with Crippen molar-refractivity contribution in [2.75, 3.05) is 0 Å². The zero-order valence-electron chi connectivity index (χ0n) is 14.6. The molecule has 0 saturated heterocycles. The third kappa shape index (κ3) is 6.40. The molecular formula is C22H29N. The summed E-state index contributed by atoms with van der Waals surface area (Å²) in [7, 11) is 0. The van der Waals surface area contributed by atoms with Crippen LogP contribution in [-0.2, 0) is 6.42 Å². The van der Waals surface area contributed by atoms with Gasteiger partial charge in [0.1, 0.15) is 0 Å². The van der Waals surface area contributed by atoms with E-state index in [1.54, 1.807) is 0 Å². The SMILES string of the molecule is CCCCCCCCc1ccc(C(C)=Nc2ccccc2)cc1. The summed E-state index contributed by atoms with van der Waals surface area (Å²) >= 11 is 0. The average Bonchev–Trinajstić information content (AvgIpc) is 2.59. The second-order valence-electron chi connectivity index (χ2n) is 6.25. The number of benzene rings is 2. The van der Waals surface area contributed by atoms with Crippen LogP contribution in [0.4, 0.5) is 5.69 Å². The summed E-state index contributed by atoms with van der Waals surface area (Å²) in [6.45, 7) is 4.35. The molecule has 0 unspecified atom stereocenters. The van der Waals surface area contributed by atoms with Gasteiger partial charge in [-0.15, -0.1) is 0 Å². The molecule has 0 spiro atoms. The standard InChI is InChI=1S/C22H29N/c1-3-4-5-6-7-9-12-20-15-17-21(18-16-20)19(2)23-22-13-10-8-11-14-22/h8,10-11,13-18H,3-7,9,12H2,1-2H3. The van der Waals surface area contributed by atoms with Gasteiger partial charge in [-0.1, -0.05) is 81.5 Å². The van der Waals surface area contributed by atoms with Crippen molar-refractivity contribution in [1.29, 1.82) is 0 Å². The first kappa shape index (κ1) is 17.5. The van der Waals surface area contributed by atoms with Crippen molar-refractivity contribution in [2.45, 2.75) is 58.8 Å². The minimum absolute atomic E-state index is 1.01. The lowest BCUT2D eigenvalue weighted by Crippen LogP contribution is -1.95. The number of nitrogens with zero attached hydrogens (tertiary/aromatic N) is 1. The van der Waals surface area contributed by atoms with Crippen LogP contribution in [0.25, 0.3) is 0 Å². The molecule has 1 nitrogen and oxygen atoms in total. The Hall–Kier alpha value is -1.89. The first-order valence-electron chi connectivity index (χ1n) is 8.99. The van der Waals surface area contributed by atoms with Crippen molar-refractivity contribution in [1.82, 2.24) is 0 Å². The number of hydrogen-bond donors (Lipinski definition) is 0. The molecule has 0 fully saturated rings. The average molecular weight is 307 g/mol. The highest BCUT2D eigenvalue weighted by Gasteiger charge is 1.99. The smallest absolute Gasteiger partial charge is 0.0633 e. The van der Waals surface area contributed by atoms with Crippen LogP contribution < -0.4 is 0 Å². The van der Waals surface area contributed by atoms with E-state index in [9.17, 15) is 0 Å². The van der Waals surface area contributed by atoms with Crippen molar-refractivity contribution in [3.05, 3.63) is 65.7 Å². The van der Waals surface area contributed by atoms with Crippen LogP contribution in [-0.4, -0.2) is 5.71 Å². The third-order valence-electron chi connectivity index (χ3n) is 4.24. The van der Waals surface area contributed by atoms with E-state index in [2.05, 4.69) is 43.1 Å². The van der Waals surface area contributed by atoms with Gasteiger partial charge in [-0.05, 0) is 43.0 Å². The summed E-state index contributed by atoms with van der Waals surface area (Å²) in [6, 6.07) is 19.1. The molecule has 0 atom stereocenters. The number of aryl methyl sites for hydroxylation is 1. The zero-order valence-corrected chi connectivity index (χ0v) is 14.6. The summed E-state index contributed by atoms with van der Waals surface area (Å²) in [4.78, 5) is 4.68. The van der Waals surface area contributed by atoms with Crippen LogP contribution in [0.3, 0.4) is 0 Å². The highest BCUT2D eigenvalue weighted by atomic mass is 14.7. The maximum atomic E-state index is 4.68. The van der Waals surface area contributed by atoms with E-state index in [0.29, 0.717) is 0 Å². The fourth-order valence-corrected chi connectivity index (χ4v) is 2.78. The summed E-state index contributed by atoms with van der Waals surface area (Å²) in [6.07, 6.45) is 9.34. The number of unbranched alkanes of at least 4 members (excludes halogenated alkanes) is 5. The molecule has 0 aliphatic carbocycles. The molecule has 0 aliphatic heterocycles. The largest absolute Gasteiger partial charge is 0.253 e.